The van der Waals surface area contributed by atoms with Crippen LogP contribution in [0, 0.1) is 6.92 Å². The Hall–Kier alpha value is -3.02. The number of pyridine rings is 1. The van der Waals surface area contributed by atoms with Crippen LogP contribution < -0.4 is 10.9 Å². The Balaban J connectivity index is 1.69. The van der Waals surface area contributed by atoms with Crippen LogP contribution in [0.1, 0.15) is 49.0 Å². The maximum absolute atomic E-state index is 13.1. The van der Waals surface area contributed by atoms with Crippen molar-refractivity contribution in [3.8, 4) is 0 Å². The van der Waals surface area contributed by atoms with Crippen molar-refractivity contribution in [2.45, 2.75) is 52.0 Å². The Kier molecular flexibility index (Phi) is 4.94. The molecule has 0 aliphatic heterocycles. The average molecular weight is 376 g/mol. The lowest BCUT2D eigenvalue weighted by atomic mass is 9.95. The molecule has 0 radical (unpaired) electrons. The number of nitrogens with zero attached hydrogens (tertiary/aromatic N) is 3. The van der Waals surface area contributed by atoms with Gasteiger partial charge in [0.05, 0.1) is 5.39 Å². The van der Waals surface area contributed by atoms with E-state index in [-0.39, 0.29) is 11.5 Å². The van der Waals surface area contributed by atoms with Crippen molar-refractivity contribution < 1.29 is 4.79 Å². The highest BCUT2D eigenvalue weighted by Gasteiger charge is 2.22. The highest BCUT2D eigenvalue weighted by Crippen LogP contribution is 2.22. The van der Waals surface area contributed by atoms with Crippen LogP contribution in [-0.2, 0) is 17.6 Å². The SMILES string of the molecule is CC[C@H](C(=O)Nc1ccc(C)cc1)n1cnc2nc3c(cc2c1=O)CCCC3. The minimum Gasteiger partial charge on any atom is -0.324 e. The molecule has 0 fully saturated rings. The lowest BCUT2D eigenvalue weighted by Crippen LogP contribution is -2.33. The number of amides is 1. The summed E-state index contributed by atoms with van der Waals surface area (Å²) in [4.78, 5) is 34.9. The second kappa shape index (κ2) is 7.54. The number of carbonyl (C=O) groups excluding carboxylic acids is 1. The summed E-state index contributed by atoms with van der Waals surface area (Å²) in [6.07, 6.45) is 6.06. The lowest BCUT2D eigenvalue weighted by Gasteiger charge is -2.19. The summed E-state index contributed by atoms with van der Waals surface area (Å²) >= 11 is 0. The maximum atomic E-state index is 13.1. The third kappa shape index (κ3) is 3.42. The first-order valence-corrected chi connectivity index (χ1v) is 9.84. The Labute approximate surface area is 163 Å². The standard InChI is InChI=1S/C22H24N4O2/c1-3-19(21(27)24-16-10-8-14(2)9-11-16)26-13-23-20-17(22(26)28)12-15-6-4-5-7-18(15)25-20/h8-13,19H,3-7H2,1-2H3,(H,24,27)/t19-/m1/s1. The van der Waals surface area contributed by atoms with Crippen LogP contribution in [-0.4, -0.2) is 20.4 Å². The first-order chi connectivity index (χ1) is 13.6. The number of aryl methyl sites for hydroxylation is 3. The molecule has 0 bridgehead atoms. The van der Waals surface area contributed by atoms with E-state index in [1.165, 1.54) is 10.9 Å². The number of aromatic nitrogens is 3. The minimum atomic E-state index is -0.623. The largest absolute Gasteiger partial charge is 0.324 e. The van der Waals surface area contributed by atoms with Gasteiger partial charge in [0.25, 0.3) is 5.56 Å². The summed E-state index contributed by atoms with van der Waals surface area (Å²) in [5.41, 5.74) is 4.27. The molecule has 1 atom stereocenters. The molecule has 6 nitrogen and oxygen atoms in total. The van der Waals surface area contributed by atoms with E-state index in [0.717, 1.165) is 42.5 Å². The van der Waals surface area contributed by atoms with Gasteiger partial charge in [-0.25, -0.2) is 9.97 Å². The van der Waals surface area contributed by atoms with Crippen molar-refractivity contribution in [3.05, 3.63) is 63.8 Å². The summed E-state index contributed by atoms with van der Waals surface area (Å²) < 4.78 is 1.43. The maximum Gasteiger partial charge on any atom is 0.263 e. The molecule has 144 valence electrons. The number of fused-ring (bicyclic) bond motifs is 2. The normalized spacial score (nSPS) is 14.5. The molecular weight excluding hydrogens is 352 g/mol. The van der Waals surface area contributed by atoms with Crippen LogP contribution in [0.2, 0.25) is 0 Å². The van der Waals surface area contributed by atoms with Crippen molar-refractivity contribution in [3.63, 3.8) is 0 Å². The molecule has 28 heavy (non-hydrogen) atoms. The van der Waals surface area contributed by atoms with Gasteiger partial charge in [-0.2, -0.15) is 0 Å². The molecule has 4 rings (SSSR count). The molecule has 1 aliphatic carbocycles. The quantitative estimate of drug-likeness (QED) is 0.755. The van der Waals surface area contributed by atoms with Crippen molar-refractivity contribution in [2.24, 2.45) is 0 Å². The predicted molar refractivity (Wildman–Crippen MR) is 110 cm³/mol. The zero-order valence-corrected chi connectivity index (χ0v) is 16.2. The molecule has 1 amide bonds. The van der Waals surface area contributed by atoms with Gasteiger partial charge in [-0.3, -0.25) is 14.2 Å². The highest BCUT2D eigenvalue weighted by atomic mass is 16.2. The number of nitrogens with one attached hydrogen (secondary N) is 1. The highest BCUT2D eigenvalue weighted by molar-refractivity contribution is 5.93. The van der Waals surface area contributed by atoms with Crippen LogP contribution >= 0.6 is 0 Å². The van der Waals surface area contributed by atoms with Crippen LogP contribution in [0.5, 0.6) is 0 Å². The molecular formula is C22H24N4O2. The first kappa shape index (κ1) is 18.3. The monoisotopic (exact) mass is 376 g/mol. The van der Waals surface area contributed by atoms with Gasteiger partial charge in [-0.15, -0.1) is 0 Å². The third-order valence-corrected chi connectivity index (χ3v) is 5.39. The Morgan fingerprint density at radius 1 is 1.21 bits per heavy atom. The van der Waals surface area contributed by atoms with E-state index in [4.69, 9.17) is 0 Å². The van der Waals surface area contributed by atoms with Crippen molar-refractivity contribution in [1.82, 2.24) is 14.5 Å². The number of carbonyl (C=O) groups is 1. The van der Waals surface area contributed by atoms with E-state index in [9.17, 15) is 9.59 Å². The van der Waals surface area contributed by atoms with E-state index >= 15 is 0 Å². The van der Waals surface area contributed by atoms with E-state index in [1.54, 1.807) is 0 Å². The Morgan fingerprint density at radius 2 is 1.96 bits per heavy atom. The summed E-state index contributed by atoms with van der Waals surface area (Å²) in [5, 5.41) is 3.39. The molecule has 3 aromatic rings. The van der Waals surface area contributed by atoms with Gasteiger partial charge >= 0.3 is 0 Å². The predicted octanol–water partition coefficient (Wildman–Crippen LogP) is 3.57. The van der Waals surface area contributed by atoms with Crippen LogP contribution in [0.25, 0.3) is 11.0 Å². The Bertz CT molecular complexity index is 1090. The number of benzene rings is 1. The fraction of sp³-hybridized carbons (Fsp3) is 0.364. The van der Waals surface area contributed by atoms with Gasteiger partial charge in [-0.1, -0.05) is 24.6 Å². The molecule has 0 unspecified atom stereocenters. The molecule has 0 saturated carbocycles. The second-order valence-corrected chi connectivity index (χ2v) is 7.41. The van der Waals surface area contributed by atoms with Gasteiger partial charge in [0, 0.05) is 11.4 Å². The fourth-order valence-corrected chi connectivity index (χ4v) is 3.78. The molecule has 1 aliphatic rings. The molecule has 1 N–H and O–H groups in total. The third-order valence-electron chi connectivity index (χ3n) is 5.39. The van der Waals surface area contributed by atoms with Crippen molar-refractivity contribution in [1.29, 1.82) is 0 Å². The van der Waals surface area contributed by atoms with E-state index < -0.39 is 6.04 Å². The van der Waals surface area contributed by atoms with Gasteiger partial charge in [-0.05, 0) is 62.8 Å². The molecule has 2 aromatic heterocycles. The number of anilines is 1. The number of hydrogen-bond acceptors (Lipinski definition) is 4. The lowest BCUT2D eigenvalue weighted by molar-refractivity contribution is -0.119. The second-order valence-electron chi connectivity index (χ2n) is 7.41. The zero-order chi connectivity index (χ0) is 19.7. The zero-order valence-electron chi connectivity index (χ0n) is 16.2. The Morgan fingerprint density at radius 3 is 2.71 bits per heavy atom. The summed E-state index contributed by atoms with van der Waals surface area (Å²) in [6.45, 7) is 3.88. The fourth-order valence-electron chi connectivity index (χ4n) is 3.78. The van der Waals surface area contributed by atoms with Gasteiger partial charge in [0.2, 0.25) is 5.91 Å². The van der Waals surface area contributed by atoms with Crippen molar-refractivity contribution in [2.75, 3.05) is 5.32 Å². The minimum absolute atomic E-state index is 0.211. The number of hydrogen-bond donors (Lipinski definition) is 1. The molecule has 6 heteroatoms. The summed E-state index contributed by atoms with van der Waals surface area (Å²) in [7, 11) is 0. The number of rotatable bonds is 4. The average Bonchev–Trinajstić information content (AvgIpc) is 2.71. The van der Waals surface area contributed by atoms with Crippen molar-refractivity contribution >= 4 is 22.6 Å². The van der Waals surface area contributed by atoms with E-state index in [0.29, 0.717) is 23.1 Å². The summed E-state index contributed by atoms with van der Waals surface area (Å²) in [6, 6.07) is 8.90. The summed E-state index contributed by atoms with van der Waals surface area (Å²) in [5.74, 6) is -0.222. The van der Waals surface area contributed by atoms with Crippen LogP contribution in [0.15, 0.2) is 41.5 Å². The van der Waals surface area contributed by atoms with Crippen LogP contribution in [0.3, 0.4) is 0 Å². The van der Waals surface area contributed by atoms with Gasteiger partial charge < -0.3 is 5.32 Å². The molecule has 2 heterocycles. The van der Waals surface area contributed by atoms with Gasteiger partial charge in [0.15, 0.2) is 5.65 Å². The van der Waals surface area contributed by atoms with E-state index in [1.807, 2.05) is 44.2 Å². The topological polar surface area (TPSA) is 76.9 Å². The van der Waals surface area contributed by atoms with Crippen LogP contribution in [0.4, 0.5) is 5.69 Å². The molecule has 0 saturated heterocycles. The molecule has 0 spiro atoms. The first-order valence-electron chi connectivity index (χ1n) is 9.84. The smallest absolute Gasteiger partial charge is 0.263 e. The van der Waals surface area contributed by atoms with Gasteiger partial charge in [0.1, 0.15) is 12.4 Å². The van der Waals surface area contributed by atoms with E-state index in [2.05, 4.69) is 15.3 Å². The molecule has 1 aromatic carbocycles.